The van der Waals surface area contributed by atoms with Crippen LogP contribution in [0, 0.1) is 5.92 Å². The topological polar surface area (TPSA) is 12.0 Å². The maximum atomic E-state index is 3.84. The first-order valence-corrected chi connectivity index (χ1v) is 6.62. The molecule has 2 aliphatic rings. The third-order valence-corrected chi connectivity index (χ3v) is 4.36. The van der Waals surface area contributed by atoms with E-state index in [9.17, 15) is 0 Å². The van der Waals surface area contributed by atoms with Gasteiger partial charge >= 0.3 is 0 Å². The summed E-state index contributed by atoms with van der Waals surface area (Å²) >= 11 is 0. The van der Waals surface area contributed by atoms with Crippen LogP contribution in [0.1, 0.15) is 64.7 Å². The van der Waals surface area contributed by atoms with Crippen LogP contribution in [0.4, 0.5) is 0 Å². The predicted molar refractivity (Wildman–Crippen MR) is 61.5 cm³/mol. The Balaban J connectivity index is 2.00. The lowest BCUT2D eigenvalue weighted by Gasteiger charge is -2.40. The average Bonchev–Trinajstić information content (AvgIpc) is 2.70. The molecule has 1 heterocycles. The minimum atomic E-state index is 0.565. The van der Waals surface area contributed by atoms with Gasteiger partial charge in [-0.3, -0.25) is 0 Å². The predicted octanol–water partition coefficient (Wildman–Crippen LogP) is 3.49. The molecule has 0 amide bonds. The van der Waals surface area contributed by atoms with Crippen molar-refractivity contribution >= 4 is 0 Å². The fraction of sp³-hybridized carbons (Fsp3) is 1.00. The van der Waals surface area contributed by atoms with E-state index in [4.69, 9.17) is 0 Å². The average molecular weight is 195 g/mol. The lowest BCUT2D eigenvalue weighted by atomic mass is 9.72. The van der Waals surface area contributed by atoms with Crippen molar-refractivity contribution in [2.24, 2.45) is 5.92 Å². The van der Waals surface area contributed by atoms with Gasteiger partial charge in [-0.05, 0) is 44.6 Å². The van der Waals surface area contributed by atoms with Gasteiger partial charge in [-0.25, -0.2) is 0 Å². The molecule has 0 aromatic rings. The van der Waals surface area contributed by atoms with Gasteiger partial charge in [0.05, 0.1) is 0 Å². The van der Waals surface area contributed by atoms with Gasteiger partial charge in [-0.1, -0.05) is 32.6 Å². The van der Waals surface area contributed by atoms with Crippen LogP contribution in [0.25, 0.3) is 0 Å². The minimum Gasteiger partial charge on any atom is -0.311 e. The first kappa shape index (κ1) is 10.5. The molecule has 1 saturated heterocycles. The van der Waals surface area contributed by atoms with Crippen LogP contribution in [0.3, 0.4) is 0 Å². The number of hydrogen-bond donors (Lipinski definition) is 1. The Hall–Kier alpha value is -0.0400. The van der Waals surface area contributed by atoms with Crippen molar-refractivity contribution in [2.75, 3.05) is 6.54 Å². The Kier molecular flexibility index (Phi) is 3.48. The molecule has 0 aromatic carbocycles. The summed E-state index contributed by atoms with van der Waals surface area (Å²) in [6.45, 7) is 3.61. The van der Waals surface area contributed by atoms with E-state index in [0.717, 1.165) is 5.92 Å². The Morgan fingerprint density at radius 2 is 1.93 bits per heavy atom. The van der Waals surface area contributed by atoms with Crippen molar-refractivity contribution in [3.05, 3.63) is 0 Å². The Morgan fingerprint density at radius 3 is 2.50 bits per heavy atom. The van der Waals surface area contributed by atoms with Crippen molar-refractivity contribution in [3.63, 3.8) is 0 Å². The molecular weight excluding hydrogens is 170 g/mol. The Bertz CT molecular complexity index is 164. The molecule has 1 heteroatoms. The van der Waals surface area contributed by atoms with Gasteiger partial charge in [0, 0.05) is 5.54 Å². The first-order valence-electron chi connectivity index (χ1n) is 6.62. The second kappa shape index (κ2) is 4.65. The van der Waals surface area contributed by atoms with Crippen LogP contribution in [0.5, 0.6) is 0 Å². The van der Waals surface area contributed by atoms with Crippen LogP contribution < -0.4 is 5.32 Å². The van der Waals surface area contributed by atoms with Crippen molar-refractivity contribution in [3.8, 4) is 0 Å². The lowest BCUT2D eigenvalue weighted by Crippen LogP contribution is -2.47. The zero-order valence-electron chi connectivity index (χ0n) is 9.65. The molecule has 1 atom stereocenters. The highest BCUT2D eigenvalue weighted by atomic mass is 15.0. The SMILES string of the molecule is CCCC1(C2CCCCC2)CCCN1. The molecule has 1 unspecified atom stereocenters. The fourth-order valence-corrected chi connectivity index (χ4v) is 3.70. The molecule has 2 fully saturated rings. The zero-order chi connectivity index (χ0) is 9.86. The van der Waals surface area contributed by atoms with Crippen molar-refractivity contribution in [1.29, 1.82) is 0 Å². The van der Waals surface area contributed by atoms with Gasteiger partial charge in [0.1, 0.15) is 0 Å². The molecule has 1 saturated carbocycles. The normalized spacial score (nSPS) is 34.9. The molecule has 1 N–H and O–H groups in total. The second-order valence-electron chi connectivity index (χ2n) is 5.27. The van der Waals surface area contributed by atoms with Crippen LogP contribution in [-0.4, -0.2) is 12.1 Å². The summed E-state index contributed by atoms with van der Waals surface area (Å²) in [5, 5.41) is 3.84. The van der Waals surface area contributed by atoms with Gasteiger partial charge in [0.25, 0.3) is 0 Å². The van der Waals surface area contributed by atoms with E-state index in [1.807, 2.05) is 0 Å². The summed E-state index contributed by atoms with van der Waals surface area (Å²) in [5.74, 6) is 0.999. The number of hydrogen-bond acceptors (Lipinski definition) is 1. The molecule has 0 bridgehead atoms. The second-order valence-corrected chi connectivity index (χ2v) is 5.27. The van der Waals surface area contributed by atoms with Crippen molar-refractivity contribution < 1.29 is 0 Å². The first-order chi connectivity index (χ1) is 6.87. The van der Waals surface area contributed by atoms with Gasteiger partial charge in [-0.15, -0.1) is 0 Å². The molecule has 82 valence electrons. The van der Waals surface area contributed by atoms with E-state index in [-0.39, 0.29) is 0 Å². The zero-order valence-corrected chi connectivity index (χ0v) is 9.65. The van der Waals surface area contributed by atoms with E-state index in [0.29, 0.717) is 5.54 Å². The van der Waals surface area contributed by atoms with Gasteiger partial charge in [-0.2, -0.15) is 0 Å². The van der Waals surface area contributed by atoms with Crippen LogP contribution in [-0.2, 0) is 0 Å². The molecule has 1 aliphatic carbocycles. The Labute approximate surface area is 88.7 Å². The summed E-state index contributed by atoms with van der Waals surface area (Å²) in [6.07, 6.45) is 13.1. The van der Waals surface area contributed by atoms with E-state index < -0.39 is 0 Å². The van der Waals surface area contributed by atoms with E-state index in [2.05, 4.69) is 12.2 Å². The molecule has 1 nitrogen and oxygen atoms in total. The third-order valence-electron chi connectivity index (χ3n) is 4.36. The molecule has 0 aromatic heterocycles. The molecule has 2 rings (SSSR count). The third kappa shape index (κ3) is 1.98. The summed E-state index contributed by atoms with van der Waals surface area (Å²) < 4.78 is 0. The highest BCUT2D eigenvalue weighted by Gasteiger charge is 2.40. The highest BCUT2D eigenvalue weighted by Crippen LogP contribution is 2.40. The van der Waals surface area contributed by atoms with Crippen molar-refractivity contribution in [1.82, 2.24) is 5.32 Å². The molecule has 0 radical (unpaired) electrons. The van der Waals surface area contributed by atoms with Gasteiger partial charge in [0.15, 0.2) is 0 Å². The standard InChI is InChI=1S/C13H25N/c1-2-9-13(10-6-11-14-13)12-7-4-3-5-8-12/h12,14H,2-11H2,1H3. The summed E-state index contributed by atoms with van der Waals surface area (Å²) in [6, 6.07) is 0. The quantitative estimate of drug-likeness (QED) is 0.727. The maximum Gasteiger partial charge on any atom is 0.0210 e. The molecule has 1 aliphatic heterocycles. The highest BCUT2D eigenvalue weighted by molar-refractivity contribution is 4.98. The number of nitrogens with one attached hydrogen (secondary N) is 1. The van der Waals surface area contributed by atoms with Gasteiger partial charge in [0.2, 0.25) is 0 Å². The van der Waals surface area contributed by atoms with Crippen LogP contribution in [0.2, 0.25) is 0 Å². The Morgan fingerprint density at radius 1 is 1.14 bits per heavy atom. The lowest BCUT2D eigenvalue weighted by molar-refractivity contribution is 0.168. The number of rotatable bonds is 3. The van der Waals surface area contributed by atoms with E-state index in [1.54, 1.807) is 0 Å². The molecule has 14 heavy (non-hydrogen) atoms. The van der Waals surface area contributed by atoms with Gasteiger partial charge < -0.3 is 5.32 Å². The minimum absolute atomic E-state index is 0.565. The smallest absolute Gasteiger partial charge is 0.0210 e. The summed E-state index contributed by atoms with van der Waals surface area (Å²) in [4.78, 5) is 0. The molecule has 0 spiro atoms. The fourth-order valence-electron chi connectivity index (χ4n) is 3.70. The van der Waals surface area contributed by atoms with E-state index >= 15 is 0 Å². The van der Waals surface area contributed by atoms with E-state index in [1.165, 1.54) is 64.3 Å². The monoisotopic (exact) mass is 195 g/mol. The maximum absolute atomic E-state index is 3.84. The summed E-state index contributed by atoms with van der Waals surface area (Å²) in [5.41, 5.74) is 0.565. The van der Waals surface area contributed by atoms with Crippen molar-refractivity contribution in [2.45, 2.75) is 70.3 Å². The van der Waals surface area contributed by atoms with Crippen LogP contribution >= 0.6 is 0 Å². The largest absolute Gasteiger partial charge is 0.311 e. The van der Waals surface area contributed by atoms with Crippen LogP contribution in [0.15, 0.2) is 0 Å². The molecular formula is C13H25N. The summed E-state index contributed by atoms with van der Waals surface area (Å²) in [7, 11) is 0.